The fraction of sp³-hybridized carbons (Fsp3) is 0.235. The Kier molecular flexibility index (Phi) is 8.37. The second kappa shape index (κ2) is 12.4. The summed E-state index contributed by atoms with van der Waals surface area (Å²) in [6, 6.07) is 29.7. The van der Waals surface area contributed by atoms with Crippen molar-refractivity contribution in [2.45, 2.75) is 52.5 Å². The lowest BCUT2D eigenvalue weighted by Gasteiger charge is -2.12. The Hall–Kier alpha value is -4.38. The number of benzene rings is 3. The molecule has 0 saturated carbocycles. The number of nitrogens with zero attached hydrogens (tertiary/aromatic N) is 2. The van der Waals surface area contributed by atoms with Crippen molar-refractivity contribution in [2.24, 2.45) is 0 Å². The molecule has 0 spiro atoms. The highest BCUT2D eigenvalue weighted by molar-refractivity contribution is 5.92. The maximum Gasteiger partial charge on any atom is 0.343 e. The van der Waals surface area contributed by atoms with E-state index in [9.17, 15) is 4.79 Å². The number of aryl methyl sites for hydroxylation is 2. The summed E-state index contributed by atoms with van der Waals surface area (Å²) in [6.45, 7) is 4.91. The number of carbonyl (C=O) groups excluding carboxylic acids is 1. The first-order chi connectivity index (χ1) is 19.1. The Balaban J connectivity index is 1.41. The lowest BCUT2D eigenvalue weighted by Crippen LogP contribution is -2.09. The van der Waals surface area contributed by atoms with E-state index in [0.29, 0.717) is 17.9 Å². The molecule has 0 bridgehead atoms. The molecule has 0 aliphatic carbocycles. The topological polar surface area (TPSA) is 55.6 Å². The molecule has 198 valence electrons. The van der Waals surface area contributed by atoms with Gasteiger partial charge in [0.25, 0.3) is 0 Å². The van der Waals surface area contributed by atoms with Crippen LogP contribution in [0.15, 0.2) is 97.2 Å². The number of rotatable bonds is 11. The number of nitrogens with one attached hydrogen (secondary N) is 1. The van der Waals surface area contributed by atoms with Crippen molar-refractivity contribution in [3.8, 4) is 17.0 Å². The van der Waals surface area contributed by atoms with Crippen LogP contribution in [0.25, 0.3) is 16.9 Å². The zero-order valence-electron chi connectivity index (χ0n) is 22.7. The first-order valence-corrected chi connectivity index (χ1v) is 13.8. The van der Waals surface area contributed by atoms with E-state index in [0.717, 1.165) is 34.7 Å². The van der Waals surface area contributed by atoms with Gasteiger partial charge in [-0.25, -0.2) is 9.78 Å². The number of hydrogen-bond donors (Lipinski definition) is 1. The number of carbonyl (C=O) groups is 1. The van der Waals surface area contributed by atoms with Gasteiger partial charge in [0.1, 0.15) is 22.9 Å². The van der Waals surface area contributed by atoms with E-state index in [1.54, 1.807) is 0 Å². The first-order valence-electron chi connectivity index (χ1n) is 13.8. The minimum Gasteiger partial charge on any atom is -0.422 e. The maximum absolute atomic E-state index is 13.2. The number of imidazole rings is 1. The smallest absolute Gasteiger partial charge is 0.343 e. The summed E-state index contributed by atoms with van der Waals surface area (Å²) < 4.78 is 8.01. The molecule has 3 aromatic carbocycles. The van der Waals surface area contributed by atoms with Gasteiger partial charge in [0.05, 0.1) is 5.56 Å². The van der Waals surface area contributed by atoms with Crippen molar-refractivity contribution in [3.63, 3.8) is 0 Å². The molecule has 0 saturated heterocycles. The molecule has 0 aliphatic rings. The summed E-state index contributed by atoms with van der Waals surface area (Å²) in [6.07, 6.45) is 7.95. The van der Waals surface area contributed by atoms with Gasteiger partial charge in [0, 0.05) is 18.3 Å². The van der Waals surface area contributed by atoms with E-state index in [-0.39, 0.29) is 5.97 Å². The van der Waals surface area contributed by atoms with E-state index < -0.39 is 0 Å². The van der Waals surface area contributed by atoms with Crippen LogP contribution in [-0.4, -0.2) is 15.4 Å². The van der Waals surface area contributed by atoms with E-state index in [4.69, 9.17) is 9.72 Å². The molecule has 5 rings (SSSR count). The van der Waals surface area contributed by atoms with Crippen molar-refractivity contribution >= 4 is 17.4 Å². The Morgan fingerprint density at radius 3 is 2.44 bits per heavy atom. The van der Waals surface area contributed by atoms with Crippen LogP contribution in [0.5, 0.6) is 5.75 Å². The zero-order valence-corrected chi connectivity index (χ0v) is 22.7. The fourth-order valence-corrected chi connectivity index (χ4v) is 4.76. The number of hydrogen-bond acceptors (Lipinski definition) is 4. The van der Waals surface area contributed by atoms with E-state index in [1.165, 1.54) is 36.8 Å². The number of para-hydroxylation sites is 1. The van der Waals surface area contributed by atoms with Crippen LogP contribution >= 0.6 is 0 Å². The van der Waals surface area contributed by atoms with Gasteiger partial charge in [0.15, 0.2) is 0 Å². The summed E-state index contributed by atoms with van der Waals surface area (Å²) in [5.74, 6) is 0.956. The molecule has 0 fully saturated rings. The number of ether oxygens (including phenoxy) is 1. The second-order valence-electron chi connectivity index (χ2n) is 9.97. The molecular formula is C34H35N3O2. The number of esters is 1. The third kappa shape index (κ3) is 6.37. The SMILES string of the molecule is CCCCCCc1ccc(C(=O)Oc2ccccc2-c2nc3cc(C)ccn3c2NCc2ccccc2)cc1. The molecule has 5 aromatic rings. The lowest BCUT2D eigenvalue weighted by molar-refractivity contribution is 0.0735. The van der Waals surface area contributed by atoms with Crippen molar-refractivity contribution in [1.29, 1.82) is 0 Å². The highest BCUT2D eigenvalue weighted by Gasteiger charge is 2.20. The van der Waals surface area contributed by atoms with Crippen LogP contribution in [-0.2, 0) is 13.0 Å². The minimum absolute atomic E-state index is 0.376. The van der Waals surface area contributed by atoms with E-state index in [2.05, 4.69) is 43.4 Å². The van der Waals surface area contributed by atoms with Crippen LogP contribution in [0.2, 0.25) is 0 Å². The third-order valence-corrected chi connectivity index (χ3v) is 6.94. The van der Waals surface area contributed by atoms with Crippen molar-refractivity contribution < 1.29 is 9.53 Å². The van der Waals surface area contributed by atoms with Crippen LogP contribution in [0.3, 0.4) is 0 Å². The molecule has 1 N–H and O–H groups in total. The average Bonchev–Trinajstić information content (AvgIpc) is 3.32. The number of unbranched alkanes of at least 4 members (excludes halogenated alkanes) is 3. The molecule has 0 aliphatic heterocycles. The summed E-state index contributed by atoms with van der Waals surface area (Å²) in [7, 11) is 0. The van der Waals surface area contributed by atoms with Gasteiger partial charge < -0.3 is 10.1 Å². The van der Waals surface area contributed by atoms with Crippen LogP contribution < -0.4 is 10.1 Å². The number of pyridine rings is 1. The predicted molar refractivity (Wildman–Crippen MR) is 158 cm³/mol. The fourth-order valence-electron chi connectivity index (χ4n) is 4.76. The Labute approximate surface area is 230 Å². The summed E-state index contributed by atoms with van der Waals surface area (Å²) in [4.78, 5) is 18.1. The van der Waals surface area contributed by atoms with Crippen LogP contribution in [0.4, 0.5) is 5.82 Å². The van der Waals surface area contributed by atoms with Gasteiger partial charge in [-0.2, -0.15) is 0 Å². The largest absolute Gasteiger partial charge is 0.422 e. The molecule has 0 radical (unpaired) electrons. The highest BCUT2D eigenvalue weighted by atomic mass is 16.5. The minimum atomic E-state index is -0.376. The lowest BCUT2D eigenvalue weighted by atomic mass is 10.0. The predicted octanol–water partition coefficient (Wildman–Crippen LogP) is 8.26. The maximum atomic E-state index is 13.2. The van der Waals surface area contributed by atoms with Gasteiger partial charge >= 0.3 is 5.97 Å². The Morgan fingerprint density at radius 1 is 0.872 bits per heavy atom. The standard InChI is InChI=1S/C34H35N3O2/c1-3-4-5-7-12-26-17-19-28(20-18-26)34(38)39-30-16-11-10-15-29(30)32-33(35-24-27-13-8-6-9-14-27)37-22-21-25(2)23-31(37)36-32/h6,8-11,13-23,35H,3-5,7,12,24H2,1-2H3. The van der Waals surface area contributed by atoms with Gasteiger partial charge in [-0.1, -0.05) is 80.8 Å². The summed E-state index contributed by atoms with van der Waals surface area (Å²) in [5.41, 5.74) is 6.41. The van der Waals surface area contributed by atoms with Crippen LogP contribution in [0.1, 0.15) is 59.7 Å². The number of anilines is 1. The zero-order chi connectivity index (χ0) is 27.0. The molecular weight excluding hydrogens is 482 g/mol. The molecule has 2 heterocycles. The van der Waals surface area contributed by atoms with Gasteiger partial charge in [-0.05, 0) is 72.9 Å². The molecule has 5 nitrogen and oxygen atoms in total. The van der Waals surface area contributed by atoms with Crippen molar-refractivity contribution in [1.82, 2.24) is 9.38 Å². The molecule has 0 unspecified atom stereocenters. The van der Waals surface area contributed by atoms with Gasteiger partial charge in [0.2, 0.25) is 0 Å². The third-order valence-electron chi connectivity index (χ3n) is 6.94. The average molecular weight is 518 g/mol. The number of fused-ring (bicyclic) bond motifs is 1. The van der Waals surface area contributed by atoms with Gasteiger partial charge in [-0.3, -0.25) is 4.40 Å². The highest BCUT2D eigenvalue weighted by Crippen LogP contribution is 2.36. The van der Waals surface area contributed by atoms with E-state index >= 15 is 0 Å². The van der Waals surface area contributed by atoms with Crippen molar-refractivity contribution in [2.75, 3.05) is 5.32 Å². The molecule has 0 atom stereocenters. The molecule has 0 amide bonds. The molecule has 5 heteroatoms. The molecule has 39 heavy (non-hydrogen) atoms. The quantitative estimate of drug-likeness (QED) is 0.109. The Bertz CT molecular complexity index is 1540. The van der Waals surface area contributed by atoms with Gasteiger partial charge in [-0.15, -0.1) is 0 Å². The Morgan fingerprint density at radius 2 is 1.64 bits per heavy atom. The normalized spacial score (nSPS) is 11.0. The molecule has 2 aromatic heterocycles. The van der Waals surface area contributed by atoms with Crippen molar-refractivity contribution in [3.05, 3.63) is 119 Å². The number of aromatic nitrogens is 2. The first kappa shape index (κ1) is 26.2. The second-order valence-corrected chi connectivity index (χ2v) is 9.97. The monoisotopic (exact) mass is 517 g/mol. The van der Waals surface area contributed by atoms with Crippen LogP contribution in [0, 0.1) is 6.92 Å². The summed E-state index contributed by atoms with van der Waals surface area (Å²) in [5, 5.41) is 3.57. The summed E-state index contributed by atoms with van der Waals surface area (Å²) >= 11 is 0. The van der Waals surface area contributed by atoms with E-state index in [1.807, 2.05) is 77.3 Å².